The predicted octanol–water partition coefficient (Wildman–Crippen LogP) is 2.81. The number of anilines is 1. The quantitative estimate of drug-likeness (QED) is 0.876. The first-order chi connectivity index (χ1) is 9.15. The van der Waals surface area contributed by atoms with Crippen molar-refractivity contribution in [3.63, 3.8) is 0 Å². The van der Waals surface area contributed by atoms with Crippen LogP contribution >= 0.6 is 11.6 Å². The molecule has 1 N–H and O–H groups in total. The normalized spacial score (nSPS) is 16.6. The Morgan fingerprint density at radius 1 is 1.26 bits per heavy atom. The van der Waals surface area contributed by atoms with E-state index in [1.807, 2.05) is 13.8 Å². The van der Waals surface area contributed by atoms with Crippen LogP contribution in [0.15, 0.2) is 0 Å². The van der Waals surface area contributed by atoms with Gasteiger partial charge < -0.3 is 5.32 Å². The molecular weight excluding hydrogens is 264 g/mol. The average molecular weight is 281 g/mol. The molecule has 0 amide bonds. The van der Waals surface area contributed by atoms with Crippen LogP contribution < -0.4 is 5.32 Å². The van der Waals surface area contributed by atoms with Crippen molar-refractivity contribution in [2.75, 3.05) is 5.32 Å². The minimum Gasteiger partial charge on any atom is -0.365 e. The summed E-state index contributed by atoms with van der Waals surface area (Å²) in [7, 11) is 0. The molecule has 0 spiro atoms. The molecule has 0 radical (unpaired) electrons. The van der Waals surface area contributed by atoms with Gasteiger partial charge in [0.05, 0.1) is 6.04 Å². The van der Waals surface area contributed by atoms with Crippen molar-refractivity contribution in [1.29, 1.82) is 0 Å². The number of aromatic nitrogens is 5. The van der Waals surface area contributed by atoms with Crippen molar-refractivity contribution in [3.05, 3.63) is 5.28 Å². The lowest BCUT2D eigenvalue weighted by molar-refractivity contribution is 0.526. The first-order valence-corrected chi connectivity index (χ1v) is 7.08. The number of hydrogen-bond acceptors (Lipinski definition) is 5. The number of rotatable bonds is 3. The van der Waals surface area contributed by atoms with E-state index < -0.39 is 0 Å². The van der Waals surface area contributed by atoms with Gasteiger partial charge in [-0.25, -0.2) is 4.68 Å². The van der Waals surface area contributed by atoms with Crippen LogP contribution in [0.3, 0.4) is 0 Å². The molecule has 0 saturated heterocycles. The average Bonchev–Trinajstić information content (AvgIpc) is 2.97. The molecule has 1 aliphatic carbocycles. The van der Waals surface area contributed by atoms with Crippen LogP contribution in [0.1, 0.15) is 45.6 Å². The monoisotopic (exact) mass is 280 g/mol. The Balaban J connectivity index is 2.03. The summed E-state index contributed by atoms with van der Waals surface area (Å²) in [5, 5.41) is 12.0. The molecule has 102 valence electrons. The van der Waals surface area contributed by atoms with E-state index in [1.54, 1.807) is 4.68 Å². The first kappa shape index (κ1) is 12.6. The lowest BCUT2D eigenvalue weighted by Crippen LogP contribution is -2.16. The van der Waals surface area contributed by atoms with E-state index in [9.17, 15) is 0 Å². The molecule has 1 saturated carbocycles. The molecule has 3 rings (SSSR count). The highest BCUT2D eigenvalue weighted by molar-refractivity contribution is 6.28. The maximum Gasteiger partial charge on any atom is 0.226 e. The van der Waals surface area contributed by atoms with Gasteiger partial charge in [-0.1, -0.05) is 18.1 Å². The van der Waals surface area contributed by atoms with Crippen LogP contribution in [0, 0.1) is 0 Å². The van der Waals surface area contributed by atoms with Crippen molar-refractivity contribution in [1.82, 2.24) is 25.0 Å². The molecule has 2 heterocycles. The fraction of sp³-hybridized carbons (Fsp3) is 0.667. The lowest BCUT2D eigenvalue weighted by atomic mass is 10.2. The number of nitrogens with one attached hydrogen (secondary N) is 1. The maximum absolute atomic E-state index is 6.01. The number of nitrogens with zero attached hydrogens (tertiary/aromatic N) is 5. The van der Waals surface area contributed by atoms with Crippen molar-refractivity contribution in [3.8, 4) is 0 Å². The van der Waals surface area contributed by atoms with Gasteiger partial charge in [0, 0.05) is 6.04 Å². The molecule has 0 unspecified atom stereocenters. The van der Waals surface area contributed by atoms with E-state index in [4.69, 9.17) is 11.6 Å². The molecular formula is C12H17ClN6. The summed E-state index contributed by atoms with van der Waals surface area (Å²) >= 11 is 6.01. The maximum atomic E-state index is 6.01. The van der Waals surface area contributed by atoms with E-state index in [-0.39, 0.29) is 11.3 Å². The van der Waals surface area contributed by atoms with Crippen LogP contribution in [0.2, 0.25) is 5.28 Å². The zero-order valence-corrected chi connectivity index (χ0v) is 11.9. The Bertz CT molecular complexity index is 587. The molecule has 19 heavy (non-hydrogen) atoms. The first-order valence-electron chi connectivity index (χ1n) is 6.70. The SMILES string of the molecule is CC(C)n1nnc2c(NC3CCCC3)nc(Cl)nc21. The van der Waals surface area contributed by atoms with E-state index in [2.05, 4.69) is 25.6 Å². The summed E-state index contributed by atoms with van der Waals surface area (Å²) in [5.74, 6) is 0.703. The van der Waals surface area contributed by atoms with Gasteiger partial charge in [-0.05, 0) is 38.3 Å². The third kappa shape index (κ3) is 2.36. The smallest absolute Gasteiger partial charge is 0.226 e. The Morgan fingerprint density at radius 2 is 2.00 bits per heavy atom. The van der Waals surface area contributed by atoms with Gasteiger partial charge >= 0.3 is 0 Å². The molecule has 2 aromatic heterocycles. The van der Waals surface area contributed by atoms with Gasteiger partial charge in [-0.3, -0.25) is 0 Å². The minimum atomic E-state index is 0.190. The predicted molar refractivity (Wildman–Crippen MR) is 74.4 cm³/mol. The van der Waals surface area contributed by atoms with E-state index in [1.165, 1.54) is 25.7 Å². The molecule has 0 atom stereocenters. The van der Waals surface area contributed by atoms with E-state index in [0.29, 0.717) is 23.0 Å². The Hall–Kier alpha value is -1.43. The van der Waals surface area contributed by atoms with Crippen molar-refractivity contribution < 1.29 is 0 Å². The number of fused-ring (bicyclic) bond motifs is 1. The van der Waals surface area contributed by atoms with Gasteiger partial charge in [0.25, 0.3) is 0 Å². The third-order valence-electron chi connectivity index (χ3n) is 3.48. The van der Waals surface area contributed by atoms with Crippen LogP contribution in [0.5, 0.6) is 0 Å². The third-order valence-corrected chi connectivity index (χ3v) is 3.65. The van der Waals surface area contributed by atoms with Gasteiger partial charge in [0.1, 0.15) is 0 Å². The van der Waals surface area contributed by atoms with Gasteiger partial charge in [0.2, 0.25) is 5.28 Å². The fourth-order valence-corrected chi connectivity index (χ4v) is 2.68. The highest BCUT2D eigenvalue weighted by atomic mass is 35.5. The summed E-state index contributed by atoms with van der Waals surface area (Å²) in [6.07, 6.45) is 4.86. The largest absolute Gasteiger partial charge is 0.365 e. The van der Waals surface area contributed by atoms with Gasteiger partial charge in [-0.15, -0.1) is 5.10 Å². The highest BCUT2D eigenvalue weighted by Gasteiger charge is 2.20. The highest BCUT2D eigenvalue weighted by Crippen LogP contribution is 2.26. The van der Waals surface area contributed by atoms with E-state index >= 15 is 0 Å². The van der Waals surface area contributed by atoms with Crippen LogP contribution in [0.4, 0.5) is 5.82 Å². The summed E-state index contributed by atoms with van der Waals surface area (Å²) in [6.45, 7) is 4.07. The number of hydrogen-bond donors (Lipinski definition) is 1. The molecule has 0 bridgehead atoms. The molecule has 7 heteroatoms. The summed E-state index contributed by atoms with van der Waals surface area (Å²) in [4.78, 5) is 8.51. The molecule has 1 fully saturated rings. The van der Waals surface area contributed by atoms with Crippen molar-refractivity contribution in [2.24, 2.45) is 0 Å². The summed E-state index contributed by atoms with van der Waals surface area (Å²) in [5.41, 5.74) is 1.39. The van der Waals surface area contributed by atoms with Crippen LogP contribution in [-0.4, -0.2) is 31.0 Å². The van der Waals surface area contributed by atoms with E-state index in [0.717, 1.165) is 0 Å². The minimum absolute atomic E-state index is 0.190. The molecule has 0 aliphatic heterocycles. The van der Waals surface area contributed by atoms with Crippen LogP contribution in [0.25, 0.3) is 11.2 Å². The fourth-order valence-electron chi connectivity index (χ4n) is 2.52. The standard InChI is InChI=1S/C12H17ClN6/c1-7(2)19-11-9(17-18-19)10(15-12(13)16-11)14-8-5-3-4-6-8/h7-8H,3-6H2,1-2H3,(H,14,15,16). The summed E-state index contributed by atoms with van der Waals surface area (Å²) in [6, 6.07) is 0.647. The topological polar surface area (TPSA) is 68.5 Å². The lowest BCUT2D eigenvalue weighted by Gasteiger charge is -2.12. The zero-order chi connectivity index (χ0) is 13.4. The molecule has 2 aromatic rings. The summed E-state index contributed by atoms with van der Waals surface area (Å²) < 4.78 is 1.77. The molecule has 0 aromatic carbocycles. The second kappa shape index (κ2) is 4.92. The van der Waals surface area contributed by atoms with Crippen molar-refractivity contribution in [2.45, 2.75) is 51.6 Å². The van der Waals surface area contributed by atoms with Gasteiger partial charge in [-0.2, -0.15) is 9.97 Å². The molecule has 6 nitrogen and oxygen atoms in total. The Morgan fingerprint density at radius 3 is 2.68 bits per heavy atom. The zero-order valence-electron chi connectivity index (χ0n) is 11.1. The molecule has 1 aliphatic rings. The van der Waals surface area contributed by atoms with Crippen LogP contribution in [-0.2, 0) is 0 Å². The Labute approximate surface area is 116 Å². The second-order valence-electron chi connectivity index (χ2n) is 5.27. The number of halogens is 1. The van der Waals surface area contributed by atoms with Crippen molar-refractivity contribution >= 4 is 28.6 Å². The van der Waals surface area contributed by atoms with Gasteiger partial charge in [0.15, 0.2) is 17.0 Å². The second-order valence-corrected chi connectivity index (χ2v) is 5.60. The Kier molecular flexibility index (Phi) is 3.26.